The zero-order valence-corrected chi connectivity index (χ0v) is 27.2. The fraction of sp³-hybridized carbons (Fsp3) is 0.594. The van der Waals surface area contributed by atoms with E-state index in [1.54, 1.807) is 6.07 Å². The SMILES string of the molecule is CC(C)COC(=O)c1ccc2c(c1)N(C[C@@H]1CC[C@H]1SCCCCCS(N)(=O)=O)CCCCc1cc(Cl)ccc1CO2. The van der Waals surface area contributed by atoms with Crippen molar-refractivity contribution in [3.63, 3.8) is 0 Å². The first kappa shape index (κ1) is 33.0. The molecule has 232 valence electrons. The van der Waals surface area contributed by atoms with Crippen LogP contribution in [-0.4, -0.2) is 50.8 Å². The predicted octanol–water partition coefficient (Wildman–Crippen LogP) is 6.85. The Balaban J connectivity index is 1.48. The number of fused-ring (bicyclic) bond motifs is 2. The molecule has 2 aliphatic rings. The van der Waals surface area contributed by atoms with Crippen molar-refractivity contribution in [3.05, 3.63) is 58.1 Å². The van der Waals surface area contributed by atoms with Crippen molar-refractivity contribution in [2.75, 3.05) is 36.1 Å². The molecule has 4 rings (SSSR count). The lowest BCUT2D eigenvalue weighted by molar-refractivity contribution is 0.0459. The normalized spacial score (nSPS) is 19.2. The molecule has 2 N–H and O–H groups in total. The maximum absolute atomic E-state index is 12.9. The van der Waals surface area contributed by atoms with E-state index >= 15 is 0 Å². The standard InChI is InChI=1S/C32H45ClN2O5S2/c1-23(2)21-40-32(36)25-10-13-30-29(19-25)35(15-5-4-8-24-18-28(33)12-9-27(24)22-39-30)20-26-11-14-31(26)41-16-6-3-7-17-42(34,37)38/h9-10,12-13,18-19,23,26,31H,3-8,11,14-17,20-22H2,1-2H3,(H2,34,37,38)/t26-,31+/m0/s1. The molecule has 0 radical (unpaired) electrons. The lowest BCUT2D eigenvalue weighted by Gasteiger charge is -2.41. The van der Waals surface area contributed by atoms with E-state index in [4.69, 9.17) is 26.2 Å². The van der Waals surface area contributed by atoms with E-state index in [0.717, 1.165) is 73.0 Å². The van der Waals surface area contributed by atoms with Gasteiger partial charge in [0.25, 0.3) is 0 Å². The highest BCUT2D eigenvalue weighted by molar-refractivity contribution is 7.99. The topological polar surface area (TPSA) is 98.9 Å². The van der Waals surface area contributed by atoms with Crippen LogP contribution in [-0.2, 0) is 27.8 Å². The summed E-state index contributed by atoms with van der Waals surface area (Å²) in [6.45, 7) is 6.67. The summed E-state index contributed by atoms with van der Waals surface area (Å²) >= 11 is 8.33. The monoisotopic (exact) mass is 636 g/mol. The summed E-state index contributed by atoms with van der Waals surface area (Å²) in [4.78, 5) is 15.3. The molecule has 2 atom stereocenters. The smallest absolute Gasteiger partial charge is 0.338 e. The quantitative estimate of drug-likeness (QED) is 0.201. The third kappa shape index (κ3) is 10.1. The number of ether oxygens (including phenoxy) is 2. The highest BCUT2D eigenvalue weighted by Gasteiger charge is 2.33. The van der Waals surface area contributed by atoms with Crippen LogP contribution >= 0.6 is 23.4 Å². The highest BCUT2D eigenvalue weighted by Crippen LogP contribution is 2.41. The molecule has 0 amide bonds. The number of aryl methyl sites for hydroxylation is 1. The Labute approximate surface area is 260 Å². The van der Waals surface area contributed by atoms with Crippen LogP contribution in [0.4, 0.5) is 5.69 Å². The van der Waals surface area contributed by atoms with Crippen molar-refractivity contribution >= 4 is 45.0 Å². The van der Waals surface area contributed by atoms with Gasteiger partial charge in [0.1, 0.15) is 12.4 Å². The summed E-state index contributed by atoms with van der Waals surface area (Å²) in [6, 6.07) is 11.7. The first-order valence-electron chi connectivity index (χ1n) is 15.2. The average molecular weight is 637 g/mol. The van der Waals surface area contributed by atoms with Crippen molar-refractivity contribution in [2.24, 2.45) is 17.0 Å². The van der Waals surface area contributed by atoms with E-state index in [1.165, 1.54) is 18.4 Å². The van der Waals surface area contributed by atoms with Gasteiger partial charge >= 0.3 is 5.97 Å². The minimum Gasteiger partial charge on any atom is -0.487 e. The summed E-state index contributed by atoms with van der Waals surface area (Å²) in [5.74, 6) is 2.37. The summed E-state index contributed by atoms with van der Waals surface area (Å²) in [6.07, 6.45) is 7.87. The van der Waals surface area contributed by atoms with Gasteiger partial charge in [-0.25, -0.2) is 18.4 Å². The van der Waals surface area contributed by atoms with Gasteiger partial charge in [0, 0.05) is 23.4 Å². The molecule has 0 unspecified atom stereocenters. The van der Waals surface area contributed by atoms with Crippen LogP contribution < -0.4 is 14.8 Å². The van der Waals surface area contributed by atoms with Gasteiger partial charge in [-0.3, -0.25) is 0 Å². The summed E-state index contributed by atoms with van der Waals surface area (Å²) in [5, 5.41) is 6.45. The first-order chi connectivity index (χ1) is 20.1. The van der Waals surface area contributed by atoms with Crippen molar-refractivity contribution in [1.29, 1.82) is 0 Å². The molecular weight excluding hydrogens is 592 g/mol. The number of nitrogens with zero attached hydrogens (tertiary/aromatic N) is 1. The fourth-order valence-corrected chi connectivity index (χ4v) is 7.73. The minimum absolute atomic E-state index is 0.0608. The maximum atomic E-state index is 12.9. The number of unbranched alkanes of at least 4 members (excludes halogenated alkanes) is 2. The van der Waals surface area contributed by atoms with Crippen LogP contribution in [0.2, 0.25) is 5.02 Å². The third-order valence-electron chi connectivity index (χ3n) is 7.97. The number of sulfonamides is 1. The molecule has 2 aromatic rings. The molecule has 1 fully saturated rings. The molecule has 0 spiro atoms. The number of primary sulfonamides is 1. The lowest BCUT2D eigenvalue weighted by atomic mass is 9.84. The second-order valence-electron chi connectivity index (χ2n) is 12.0. The number of hydrogen-bond acceptors (Lipinski definition) is 7. The molecule has 1 aliphatic heterocycles. The molecule has 0 bridgehead atoms. The Hall–Kier alpha value is -1.94. The van der Waals surface area contributed by atoms with Crippen LogP contribution in [0.25, 0.3) is 0 Å². The Bertz CT molecular complexity index is 1300. The number of thioether (sulfide) groups is 1. The number of esters is 1. The van der Waals surface area contributed by atoms with Gasteiger partial charge in [-0.2, -0.15) is 11.8 Å². The summed E-state index contributed by atoms with van der Waals surface area (Å²) in [5.41, 5.74) is 3.86. The number of anilines is 1. The van der Waals surface area contributed by atoms with Gasteiger partial charge in [0.05, 0.1) is 23.6 Å². The third-order valence-corrected chi connectivity index (χ3v) is 10.6. The van der Waals surface area contributed by atoms with E-state index in [1.807, 2.05) is 43.8 Å². The van der Waals surface area contributed by atoms with Crippen LogP contribution in [0.3, 0.4) is 0 Å². The molecule has 7 nitrogen and oxygen atoms in total. The lowest BCUT2D eigenvalue weighted by Crippen LogP contribution is -2.40. The Morgan fingerprint density at radius 1 is 1.12 bits per heavy atom. The Morgan fingerprint density at radius 2 is 1.95 bits per heavy atom. The van der Waals surface area contributed by atoms with Crippen LogP contribution in [0.1, 0.15) is 80.3 Å². The average Bonchev–Trinajstić information content (AvgIpc) is 2.96. The fourth-order valence-electron chi connectivity index (χ4n) is 5.46. The van der Waals surface area contributed by atoms with Gasteiger partial charge < -0.3 is 14.4 Å². The molecule has 1 saturated carbocycles. The molecule has 1 heterocycles. The summed E-state index contributed by atoms with van der Waals surface area (Å²) in [7, 11) is -3.37. The number of carbonyl (C=O) groups is 1. The van der Waals surface area contributed by atoms with Gasteiger partial charge in [-0.1, -0.05) is 37.9 Å². The molecule has 0 saturated heterocycles. The molecule has 10 heteroatoms. The number of benzene rings is 2. The van der Waals surface area contributed by atoms with Crippen LogP contribution in [0.5, 0.6) is 5.75 Å². The minimum atomic E-state index is -3.37. The van der Waals surface area contributed by atoms with Crippen molar-refractivity contribution in [1.82, 2.24) is 0 Å². The van der Waals surface area contributed by atoms with Crippen molar-refractivity contribution in [2.45, 2.75) is 77.1 Å². The Morgan fingerprint density at radius 3 is 2.69 bits per heavy atom. The van der Waals surface area contributed by atoms with E-state index < -0.39 is 10.0 Å². The molecule has 2 aromatic carbocycles. The zero-order valence-electron chi connectivity index (χ0n) is 24.9. The number of carbonyl (C=O) groups excluding carboxylic acids is 1. The maximum Gasteiger partial charge on any atom is 0.338 e. The van der Waals surface area contributed by atoms with Crippen LogP contribution in [0, 0.1) is 11.8 Å². The van der Waals surface area contributed by atoms with Gasteiger partial charge in [0.15, 0.2) is 0 Å². The van der Waals surface area contributed by atoms with E-state index in [2.05, 4.69) is 17.0 Å². The van der Waals surface area contributed by atoms with E-state index in [9.17, 15) is 13.2 Å². The molecule has 42 heavy (non-hydrogen) atoms. The van der Waals surface area contributed by atoms with E-state index in [-0.39, 0.29) is 17.6 Å². The predicted molar refractivity (Wildman–Crippen MR) is 173 cm³/mol. The number of hydrogen-bond donors (Lipinski definition) is 1. The number of rotatable bonds is 12. The first-order valence-corrected chi connectivity index (χ1v) is 18.3. The zero-order chi connectivity index (χ0) is 30.1. The second-order valence-corrected chi connectivity index (χ2v) is 15.5. The van der Waals surface area contributed by atoms with Gasteiger partial charge in [0.2, 0.25) is 10.0 Å². The molecule has 0 aromatic heterocycles. The molecular formula is C32H45ClN2O5S2. The Kier molecular flexibility index (Phi) is 12.3. The second kappa shape index (κ2) is 15.7. The van der Waals surface area contributed by atoms with E-state index in [0.29, 0.717) is 36.4 Å². The number of halogens is 1. The largest absolute Gasteiger partial charge is 0.487 e. The molecule has 1 aliphatic carbocycles. The van der Waals surface area contributed by atoms with Crippen molar-refractivity contribution in [3.8, 4) is 5.75 Å². The van der Waals surface area contributed by atoms with Gasteiger partial charge in [-0.05, 0) is 104 Å². The highest BCUT2D eigenvalue weighted by atomic mass is 35.5. The van der Waals surface area contributed by atoms with Crippen molar-refractivity contribution < 1.29 is 22.7 Å². The van der Waals surface area contributed by atoms with Gasteiger partial charge in [-0.15, -0.1) is 0 Å². The number of nitrogens with two attached hydrogens (primary N) is 1. The summed E-state index contributed by atoms with van der Waals surface area (Å²) < 4.78 is 34.3. The van der Waals surface area contributed by atoms with Crippen LogP contribution in [0.15, 0.2) is 36.4 Å².